The molecule has 2 saturated heterocycles. The van der Waals surface area contributed by atoms with Gasteiger partial charge in [0.1, 0.15) is 30.2 Å². The van der Waals surface area contributed by atoms with Crippen LogP contribution in [0.1, 0.15) is 121 Å². The molecule has 15 heteroatoms. The van der Waals surface area contributed by atoms with E-state index < -0.39 is 65.8 Å². The first-order chi connectivity index (χ1) is 26.8. The molecule has 1 aliphatic carbocycles. The van der Waals surface area contributed by atoms with Crippen molar-refractivity contribution in [1.82, 2.24) is 36.1 Å². The van der Waals surface area contributed by atoms with Crippen molar-refractivity contribution in [1.29, 1.82) is 0 Å². The Morgan fingerprint density at radius 2 is 1.43 bits per heavy atom. The number of Topliss-reactive ketones (excluding diaryl/α,β-unsaturated/α-hetero) is 1. The number of aromatic nitrogens is 1. The van der Waals surface area contributed by atoms with Gasteiger partial charge < -0.3 is 36.2 Å². The number of carbonyl (C=O) groups excluding carboxylic acids is 7. The Balaban J connectivity index is 1.43. The Labute approximate surface area is 330 Å². The van der Waals surface area contributed by atoms with Crippen LogP contribution < -0.4 is 21.3 Å². The van der Waals surface area contributed by atoms with E-state index in [4.69, 9.17) is 6.92 Å². The van der Waals surface area contributed by atoms with Crippen LogP contribution in [0.15, 0.2) is 24.5 Å². The third kappa shape index (κ3) is 12.3. The smallest absolute Gasteiger partial charge is 0.246 e. The number of piperidine rings is 1. The number of amides is 6. The van der Waals surface area contributed by atoms with Crippen LogP contribution in [-0.2, 0) is 28.8 Å². The van der Waals surface area contributed by atoms with E-state index in [1.807, 2.05) is 6.92 Å². The average Bonchev–Trinajstić information content (AvgIpc) is 3.70. The van der Waals surface area contributed by atoms with Crippen molar-refractivity contribution in [2.24, 2.45) is 11.8 Å². The van der Waals surface area contributed by atoms with Crippen LogP contribution in [0, 0.1) is 18.8 Å². The summed E-state index contributed by atoms with van der Waals surface area (Å²) in [5.74, 6) is -2.94. The summed E-state index contributed by atoms with van der Waals surface area (Å²) in [5, 5.41) is 20.9. The average molecular weight is 780 g/mol. The fraction of sp³-hybridized carbons (Fsp3) is 0.683. The third-order valence-electron chi connectivity index (χ3n) is 11.4. The number of aliphatic hydroxyl groups is 1. The van der Waals surface area contributed by atoms with Crippen LogP contribution in [0.2, 0.25) is 0 Å². The molecular formula is C41H61N7O8. The highest BCUT2D eigenvalue weighted by Crippen LogP contribution is 2.31. The summed E-state index contributed by atoms with van der Waals surface area (Å²) in [7, 11) is 0. The first-order valence-corrected chi connectivity index (χ1v) is 20.5. The molecule has 6 amide bonds. The van der Waals surface area contributed by atoms with Crippen molar-refractivity contribution in [3.8, 4) is 0 Å². The number of carbonyl (C=O) groups is 7. The molecule has 15 nitrogen and oxygen atoms in total. The molecule has 3 aliphatic rings. The Morgan fingerprint density at radius 3 is 2.09 bits per heavy atom. The summed E-state index contributed by atoms with van der Waals surface area (Å²) in [6, 6.07) is -2.60. The number of ketones is 1. The van der Waals surface area contributed by atoms with Gasteiger partial charge in [-0.3, -0.25) is 38.5 Å². The fourth-order valence-electron chi connectivity index (χ4n) is 8.10. The first-order valence-electron chi connectivity index (χ1n) is 20.5. The number of hydrogen-bond acceptors (Lipinski definition) is 9. The van der Waals surface area contributed by atoms with Gasteiger partial charge in [-0.15, -0.1) is 0 Å². The van der Waals surface area contributed by atoms with E-state index in [2.05, 4.69) is 33.2 Å². The van der Waals surface area contributed by atoms with Gasteiger partial charge in [-0.2, -0.15) is 0 Å². The molecule has 3 heterocycles. The molecule has 3 fully saturated rings. The van der Waals surface area contributed by atoms with Crippen LogP contribution in [0.5, 0.6) is 0 Å². The van der Waals surface area contributed by atoms with Gasteiger partial charge in [-0.25, -0.2) is 0 Å². The van der Waals surface area contributed by atoms with Gasteiger partial charge in [0, 0.05) is 50.4 Å². The van der Waals surface area contributed by atoms with Gasteiger partial charge >= 0.3 is 0 Å². The standard InChI is InChI=1S/C41H61N7O8/c1-5-20-43-39(54)36(28(4)49)46-38(53)33-15-11-24-47(33)40(55)27(3)44-37(52)32-14-9-10-23-48(32)41(56)31(16-17-34(50)30-18-21-42-22-19-30)45-35(51)25-26(2)29-12-7-6-8-13-29/h3,18-19,21-22,26-29,31-33,36,49H,5-17,20,23-25H2,1-2,4H3,(H,43,54)(H,44,52)(H,45,51)(H,46,53)/t26-,27-,28?,31-,32-,33-,36-/m0/s1. The van der Waals surface area contributed by atoms with Crippen LogP contribution in [0.4, 0.5) is 0 Å². The molecule has 2 radical (unpaired) electrons. The first kappa shape index (κ1) is 44.3. The maximum absolute atomic E-state index is 14.3. The molecule has 2 aliphatic heterocycles. The molecule has 5 N–H and O–H groups in total. The van der Waals surface area contributed by atoms with Crippen molar-refractivity contribution < 1.29 is 38.7 Å². The van der Waals surface area contributed by atoms with E-state index in [1.165, 1.54) is 35.5 Å². The highest BCUT2D eigenvalue weighted by atomic mass is 16.3. The van der Waals surface area contributed by atoms with Crippen LogP contribution in [0.25, 0.3) is 0 Å². The highest BCUT2D eigenvalue weighted by molar-refractivity contribution is 5.98. The van der Waals surface area contributed by atoms with Gasteiger partial charge in [-0.05, 0) is 82.8 Å². The topological polar surface area (TPSA) is 207 Å². The lowest BCUT2D eigenvalue weighted by atomic mass is 9.79. The third-order valence-corrected chi connectivity index (χ3v) is 11.4. The number of nitrogens with one attached hydrogen (secondary N) is 4. The molecule has 1 aromatic rings. The fourth-order valence-corrected chi connectivity index (χ4v) is 8.10. The highest BCUT2D eigenvalue weighted by Gasteiger charge is 2.41. The number of nitrogens with zero attached hydrogens (tertiary/aromatic N) is 3. The maximum atomic E-state index is 14.3. The zero-order chi connectivity index (χ0) is 40.8. The molecule has 1 unspecified atom stereocenters. The van der Waals surface area contributed by atoms with Crippen LogP contribution in [0.3, 0.4) is 0 Å². The van der Waals surface area contributed by atoms with Crippen LogP contribution in [-0.4, -0.2) is 117 Å². The molecule has 0 bridgehead atoms. The lowest BCUT2D eigenvalue weighted by Crippen LogP contribution is -2.60. The van der Waals surface area contributed by atoms with Crippen molar-refractivity contribution in [2.45, 2.75) is 147 Å². The van der Waals surface area contributed by atoms with Crippen LogP contribution >= 0.6 is 0 Å². The quantitative estimate of drug-likeness (QED) is 0.138. The SMILES string of the molecule is [CH][C@H](NC(=O)[C@@H]1CCCCN1C(=O)[C@H](CCC(=O)c1ccncc1)NC(=O)C[C@H](C)C1CCCCC1)C(=O)N1CCC[C@H]1C(=O)N[C@H](C(=O)NCCC)C(C)O. The van der Waals surface area contributed by atoms with Gasteiger partial charge in [-0.1, -0.05) is 46.0 Å². The van der Waals surface area contributed by atoms with E-state index in [9.17, 15) is 38.7 Å². The van der Waals surface area contributed by atoms with Gasteiger partial charge in [0.2, 0.25) is 35.4 Å². The number of hydrogen-bond donors (Lipinski definition) is 5. The second-order valence-corrected chi connectivity index (χ2v) is 15.6. The lowest BCUT2D eigenvalue weighted by Gasteiger charge is -2.38. The van der Waals surface area contributed by atoms with Gasteiger partial charge in [0.05, 0.1) is 6.10 Å². The molecular weight excluding hydrogens is 718 g/mol. The summed E-state index contributed by atoms with van der Waals surface area (Å²) in [4.78, 5) is 101. The molecule has 4 rings (SSSR count). The zero-order valence-corrected chi connectivity index (χ0v) is 33.2. The number of rotatable bonds is 18. The lowest BCUT2D eigenvalue weighted by molar-refractivity contribution is -0.146. The van der Waals surface area contributed by atoms with Gasteiger partial charge in [0.15, 0.2) is 5.78 Å². The van der Waals surface area contributed by atoms with Crippen molar-refractivity contribution in [2.75, 3.05) is 19.6 Å². The minimum Gasteiger partial charge on any atom is -0.391 e. The largest absolute Gasteiger partial charge is 0.391 e. The predicted molar refractivity (Wildman–Crippen MR) is 207 cm³/mol. The maximum Gasteiger partial charge on any atom is 0.246 e. The summed E-state index contributed by atoms with van der Waals surface area (Å²) in [5.41, 5.74) is 0.440. The Kier molecular flexibility index (Phi) is 17.2. The van der Waals surface area contributed by atoms with E-state index in [1.54, 1.807) is 12.1 Å². The monoisotopic (exact) mass is 779 g/mol. The molecule has 308 valence electrons. The van der Waals surface area contributed by atoms with Crippen molar-refractivity contribution in [3.05, 3.63) is 37.0 Å². The summed E-state index contributed by atoms with van der Waals surface area (Å²) < 4.78 is 0. The number of pyridine rings is 1. The molecule has 0 aromatic carbocycles. The van der Waals surface area contributed by atoms with E-state index in [0.29, 0.717) is 56.6 Å². The summed E-state index contributed by atoms with van der Waals surface area (Å²) >= 11 is 0. The van der Waals surface area contributed by atoms with E-state index in [-0.39, 0.29) is 50.0 Å². The minimum absolute atomic E-state index is 0.0189. The summed E-state index contributed by atoms with van der Waals surface area (Å²) in [6.07, 6.45) is 10.7. The Morgan fingerprint density at radius 1 is 0.821 bits per heavy atom. The normalized spacial score (nSPS) is 21.5. The zero-order valence-electron chi connectivity index (χ0n) is 33.2. The molecule has 56 heavy (non-hydrogen) atoms. The van der Waals surface area contributed by atoms with Crippen molar-refractivity contribution >= 4 is 41.2 Å². The Hall–Kier alpha value is -4.40. The molecule has 1 aromatic heterocycles. The Bertz CT molecular complexity index is 1520. The summed E-state index contributed by atoms with van der Waals surface area (Å²) in [6.45, 7) is 12.4. The molecule has 7 atom stereocenters. The second kappa shape index (κ2) is 21.8. The van der Waals surface area contributed by atoms with E-state index in [0.717, 1.165) is 25.7 Å². The second-order valence-electron chi connectivity index (χ2n) is 15.6. The number of likely N-dealkylation sites (tertiary alicyclic amines) is 2. The molecule has 0 spiro atoms. The minimum atomic E-state index is -1.54. The predicted octanol–water partition coefficient (Wildman–Crippen LogP) is 2.10. The van der Waals surface area contributed by atoms with E-state index >= 15 is 0 Å². The molecule has 1 saturated carbocycles. The van der Waals surface area contributed by atoms with Gasteiger partial charge in [0.25, 0.3) is 0 Å². The van der Waals surface area contributed by atoms with Crippen molar-refractivity contribution in [3.63, 3.8) is 0 Å². The number of aliphatic hydroxyl groups excluding tert-OH is 1.